The van der Waals surface area contributed by atoms with Crippen LogP contribution in [0.4, 0.5) is 0 Å². The van der Waals surface area contributed by atoms with Crippen LogP contribution in [0, 0.1) is 0 Å². The Morgan fingerprint density at radius 2 is 2.40 bits per heavy atom. The lowest BCUT2D eigenvalue weighted by Gasteiger charge is -1.93. The highest BCUT2D eigenvalue weighted by atomic mass is 79.9. The molecule has 0 aliphatic carbocycles. The van der Waals surface area contributed by atoms with E-state index < -0.39 is 0 Å². The summed E-state index contributed by atoms with van der Waals surface area (Å²) < 4.78 is 0.979. The molecule has 0 aromatic carbocycles. The zero-order chi connectivity index (χ0) is 11.1. The van der Waals surface area contributed by atoms with E-state index >= 15 is 0 Å². The van der Waals surface area contributed by atoms with Crippen molar-refractivity contribution in [2.45, 2.75) is 13.3 Å². The van der Waals surface area contributed by atoms with Crippen LogP contribution >= 0.6 is 27.7 Å². The second kappa shape index (κ2) is 6.80. The molecule has 1 aromatic heterocycles. The molecule has 4 heteroatoms. The highest BCUT2D eigenvalue weighted by Crippen LogP contribution is 2.09. The molecular weight excluding hydrogens is 274 g/mol. The monoisotopic (exact) mass is 285 g/mol. The molecule has 2 nitrogen and oxygen atoms in total. The van der Waals surface area contributed by atoms with Crippen molar-refractivity contribution >= 4 is 38.9 Å². The average molecular weight is 286 g/mol. The Kier molecular flexibility index (Phi) is 5.65. The standard InChI is InChI=1S/C11H12BrNOS/c1-9(14)15-7-3-2-4-11-6-5-10(12)8-13-11/h2,4-6,8H,3,7H2,1H3. The summed E-state index contributed by atoms with van der Waals surface area (Å²) in [4.78, 5) is 14.8. The SMILES string of the molecule is CC(=O)SCCC=Cc1ccc(Br)cn1. The highest BCUT2D eigenvalue weighted by Gasteiger charge is 1.91. The molecule has 0 aliphatic heterocycles. The molecule has 0 atom stereocenters. The fourth-order valence-electron chi connectivity index (χ4n) is 0.961. The van der Waals surface area contributed by atoms with Crippen LogP contribution in [0.15, 0.2) is 28.9 Å². The van der Waals surface area contributed by atoms with Gasteiger partial charge in [0.05, 0.1) is 5.69 Å². The average Bonchev–Trinajstić information content (AvgIpc) is 2.20. The Morgan fingerprint density at radius 3 is 3.00 bits per heavy atom. The van der Waals surface area contributed by atoms with Gasteiger partial charge < -0.3 is 0 Å². The van der Waals surface area contributed by atoms with Gasteiger partial charge in [-0.1, -0.05) is 17.8 Å². The number of pyridine rings is 1. The second-order valence-electron chi connectivity index (χ2n) is 2.93. The summed E-state index contributed by atoms with van der Waals surface area (Å²) in [5.74, 6) is 0.836. The number of thioether (sulfide) groups is 1. The van der Waals surface area contributed by atoms with Gasteiger partial charge in [0, 0.05) is 23.3 Å². The fraction of sp³-hybridized carbons (Fsp3) is 0.273. The zero-order valence-electron chi connectivity index (χ0n) is 8.44. The van der Waals surface area contributed by atoms with E-state index in [1.807, 2.05) is 24.3 Å². The molecule has 0 amide bonds. The summed E-state index contributed by atoms with van der Waals surface area (Å²) in [6.45, 7) is 1.59. The van der Waals surface area contributed by atoms with Crippen LogP contribution in [-0.2, 0) is 4.79 Å². The van der Waals surface area contributed by atoms with Crippen molar-refractivity contribution in [3.8, 4) is 0 Å². The lowest BCUT2D eigenvalue weighted by Crippen LogP contribution is -1.84. The van der Waals surface area contributed by atoms with Gasteiger partial charge in [-0.05, 0) is 40.6 Å². The molecule has 0 saturated carbocycles. The molecule has 0 spiro atoms. The number of rotatable bonds is 4. The summed E-state index contributed by atoms with van der Waals surface area (Å²) in [5.41, 5.74) is 0.936. The maximum Gasteiger partial charge on any atom is 0.185 e. The third-order valence-electron chi connectivity index (χ3n) is 1.63. The molecule has 0 bridgehead atoms. The van der Waals surface area contributed by atoms with E-state index in [4.69, 9.17) is 0 Å². The van der Waals surface area contributed by atoms with E-state index in [-0.39, 0.29) is 5.12 Å². The molecule has 0 aliphatic rings. The van der Waals surface area contributed by atoms with Crippen LogP contribution < -0.4 is 0 Å². The van der Waals surface area contributed by atoms with E-state index in [9.17, 15) is 4.79 Å². The van der Waals surface area contributed by atoms with E-state index in [0.29, 0.717) is 0 Å². The largest absolute Gasteiger partial charge is 0.288 e. The second-order valence-corrected chi connectivity index (χ2v) is 5.12. The molecule has 1 aromatic rings. The summed E-state index contributed by atoms with van der Waals surface area (Å²) >= 11 is 4.68. The minimum absolute atomic E-state index is 0.171. The number of carbonyl (C=O) groups excluding carboxylic acids is 1. The zero-order valence-corrected chi connectivity index (χ0v) is 10.8. The van der Waals surface area contributed by atoms with Crippen LogP contribution in [0.5, 0.6) is 0 Å². The lowest BCUT2D eigenvalue weighted by atomic mass is 10.3. The van der Waals surface area contributed by atoms with Gasteiger partial charge in [-0.25, -0.2) is 0 Å². The number of aromatic nitrogens is 1. The van der Waals surface area contributed by atoms with Crippen molar-refractivity contribution in [2.75, 3.05) is 5.75 Å². The van der Waals surface area contributed by atoms with Crippen molar-refractivity contribution in [2.24, 2.45) is 0 Å². The minimum Gasteiger partial charge on any atom is -0.288 e. The van der Waals surface area contributed by atoms with E-state index in [0.717, 1.165) is 22.3 Å². The van der Waals surface area contributed by atoms with Gasteiger partial charge in [0.1, 0.15) is 0 Å². The Labute approximate surface area is 102 Å². The van der Waals surface area contributed by atoms with Gasteiger partial charge in [0.25, 0.3) is 0 Å². The van der Waals surface area contributed by atoms with Crippen LogP contribution in [0.2, 0.25) is 0 Å². The third-order valence-corrected chi connectivity index (χ3v) is 2.94. The molecule has 0 fully saturated rings. The topological polar surface area (TPSA) is 30.0 Å². The van der Waals surface area contributed by atoms with Crippen molar-refractivity contribution in [1.29, 1.82) is 0 Å². The van der Waals surface area contributed by atoms with E-state index in [1.165, 1.54) is 11.8 Å². The maximum atomic E-state index is 10.6. The summed E-state index contributed by atoms with van der Waals surface area (Å²) in [6.07, 6.45) is 6.66. The molecule has 0 unspecified atom stereocenters. The number of halogens is 1. The van der Waals surface area contributed by atoms with Crippen LogP contribution in [0.3, 0.4) is 0 Å². The van der Waals surface area contributed by atoms with Crippen LogP contribution in [0.1, 0.15) is 19.0 Å². The third kappa shape index (κ3) is 5.74. The van der Waals surface area contributed by atoms with Crippen LogP contribution in [-0.4, -0.2) is 15.9 Å². The quantitative estimate of drug-likeness (QED) is 0.793. The molecule has 1 heterocycles. The number of hydrogen-bond donors (Lipinski definition) is 0. The molecule has 0 radical (unpaired) electrons. The summed E-state index contributed by atoms with van der Waals surface area (Å²) in [7, 11) is 0. The molecule has 80 valence electrons. The number of hydrogen-bond acceptors (Lipinski definition) is 3. The number of nitrogens with zero attached hydrogens (tertiary/aromatic N) is 1. The first-order valence-electron chi connectivity index (χ1n) is 4.60. The van der Waals surface area contributed by atoms with Crippen molar-refractivity contribution in [3.63, 3.8) is 0 Å². The minimum atomic E-state index is 0.171. The maximum absolute atomic E-state index is 10.6. The van der Waals surface area contributed by atoms with E-state index in [1.54, 1.807) is 13.1 Å². The first kappa shape index (κ1) is 12.5. The Hall–Kier alpha value is -0.610. The highest BCUT2D eigenvalue weighted by molar-refractivity contribution is 9.10. The lowest BCUT2D eigenvalue weighted by molar-refractivity contribution is -0.109. The van der Waals surface area contributed by atoms with Gasteiger partial charge in [-0.3, -0.25) is 9.78 Å². The normalized spacial score (nSPS) is 10.8. The van der Waals surface area contributed by atoms with Gasteiger partial charge >= 0.3 is 0 Å². The molecule has 1 rings (SSSR count). The van der Waals surface area contributed by atoms with Crippen molar-refractivity contribution in [1.82, 2.24) is 4.98 Å². The van der Waals surface area contributed by atoms with Gasteiger partial charge in [-0.2, -0.15) is 0 Å². The molecular formula is C11H12BrNOS. The van der Waals surface area contributed by atoms with Gasteiger partial charge in [0.15, 0.2) is 5.12 Å². The predicted molar refractivity (Wildman–Crippen MR) is 68.7 cm³/mol. The van der Waals surface area contributed by atoms with E-state index in [2.05, 4.69) is 20.9 Å². The van der Waals surface area contributed by atoms with Gasteiger partial charge in [-0.15, -0.1) is 0 Å². The Bertz CT molecular complexity index is 348. The molecule has 0 N–H and O–H groups in total. The Balaban J connectivity index is 2.32. The first-order valence-corrected chi connectivity index (χ1v) is 6.38. The van der Waals surface area contributed by atoms with Crippen molar-refractivity contribution < 1.29 is 4.79 Å². The van der Waals surface area contributed by atoms with Crippen LogP contribution in [0.25, 0.3) is 6.08 Å². The molecule has 15 heavy (non-hydrogen) atoms. The summed E-state index contributed by atoms with van der Waals surface area (Å²) in [5, 5.41) is 0.171. The van der Waals surface area contributed by atoms with Gasteiger partial charge in [0.2, 0.25) is 0 Å². The Morgan fingerprint density at radius 1 is 1.60 bits per heavy atom. The number of allylic oxidation sites excluding steroid dienone is 1. The molecule has 0 saturated heterocycles. The number of carbonyl (C=O) groups is 1. The predicted octanol–water partition coefficient (Wildman–Crippen LogP) is 3.53. The summed E-state index contributed by atoms with van der Waals surface area (Å²) in [6, 6.07) is 3.90. The first-order chi connectivity index (χ1) is 7.18. The smallest absolute Gasteiger partial charge is 0.185 e. The van der Waals surface area contributed by atoms with Crippen molar-refractivity contribution in [3.05, 3.63) is 34.6 Å². The fourth-order valence-corrected chi connectivity index (χ4v) is 1.74.